The van der Waals surface area contributed by atoms with Crippen molar-refractivity contribution < 1.29 is 4.79 Å². The van der Waals surface area contributed by atoms with Crippen molar-refractivity contribution in [3.8, 4) is 0 Å². The van der Waals surface area contributed by atoms with Gasteiger partial charge in [-0.15, -0.1) is 23.1 Å². The zero-order valence-corrected chi connectivity index (χ0v) is 14.4. The summed E-state index contributed by atoms with van der Waals surface area (Å²) in [4.78, 5) is 16.5. The number of nitrogen functional groups attached to an aromatic ring is 1. The minimum absolute atomic E-state index is 0.00171. The van der Waals surface area contributed by atoms with Gasteiger partial charge in [0.2, 0.25) is 0 Å². The standard InChI is InChI=1S/C15H23N3OS2/c1-8-6-18(7-9(8)2)15-13(20-3)11(16)12(21-15)14(19)17-10-4-5-10/h8-10H,4-7,16H2,1-3H3,(H,17,19). The normalized spacial score (nSPS) is 25.4. The van der Waals surface area contributed by atoms with E-state index in [0.29, 0.717) is 28.4 Å². The second kappa shape index (κ2) is 5.72. The molecule has 2 fully saturated rings. The minimum atomic E-state index is 0.00171. The molecule has 0 radical (unpaired) electrons. The Morgan fingerprint density at radius 3 is 2.48 bits per heavy atom. The van der Waals surface area contributed by atoms with E-state index in [4.69, 9.17) is 5.73 Å². The number of thioether (sulfide) groups is 1. The van der Waals surface area contributed by atoms with Gasteiger partial charge in [0, 0.05) is 19.1 Å². The fourth-order valence-corrected chi connectivity index (χ4v) is 4.87. The van der Waals surface area contributed by atoms with E-state index in [2.05, 4.69) is 24.1 Å². The zero-order valence-electron chi connectivity index (χ0n) is 12.8. The first-order valence-electron chi connectivity index (χ1n) is 7.53. The highest BCUT2D eigenvalue weighted by molar-refractivity contribution is 7.99. The van der Waals surface area contributed by atoms with Crippen LogP contribution in [0.1, 0.15) is 36.4 Å². The Labute approximate surface area is 134 Å². The summed E-state index contributed by atoms with van der Waals surface area (Å²) in [5.41, 5.74) is 6.91. The maximum absolute atomic E-state index is 12.3. The molecule has 0 spiro atoms. The molecule has 1 aliphatic carbocycles. The molecule has 3 N–H and O–H groups in total. The maximum Gasteiger partial charge on any atom is 0.263 e. The molecule has 1 amide bonds. The first kappa shape index (κ1) is 15.0. The van der Waals surface area contributed by atoms with Gasteiger partial charge < -0.3 is 16.0 Å². The third-order valence-electron chi connectivity index (χ3n) is 4.48. The smallest absolute Gasteiger partial charge is 0.263 e. The van der Waals surface area contributed by atoms with Crippen molar-refractivity contribution in [1.29, 1.82) is 0 Å². The van der Waals surface area contributed by atoms with Gasteiger partial charge in [-0.3, -0.25) is 4.79 Å². The highest BCUT2D eigenvalue weighted by Crippen LogP contribution is 2.46. The Morgan fingerprint density at radius 2 is 1.95 bits per heavy atom. The Morgan fingerprint density at radius 1 is 1.33 bits per heavy atom. The number of nitrogens with two attached hydrogens (primary N) is 1. The molecule has 3 rings (SSSR count). The summed E-state index contributed by atoms with van der Waals surface area (Å²) in [6, 6.07) is 0.368. The number of amides is 1. The SMILES string of the molecule is CSc1c(N2CC(C)C(C)C2)sc(C(=O)NC2CC2)c1N. The quantitative estimate of drug-likeness (QED) is 0.836. The van der Waals surface area contributed by atoms with Crippen LogP contribution in [0.15, 0.2) is 4.90 Å². The number of carbonyl (C=O) groups is 1. The summed E-state index contributed by atoms with van der Waals surface area (Å²) >= 11 is 3.21. The molecule has 0 bridgehead atoms. The van der Waals surface area contributed by atoms with Gasteiger partial charge in [-0.25, -0.2) is 0 Å². The average molecular weight is 326 g/mol. The molecule has 1 aromatic rings. The molecule has 0 aromatic carbocycles. The van der Waals surface area contributed by atoms with Crippen LogP contribution in [0.3, 0.4) is 0 Å². The highest BCUT2D eigenvalue weighted by Gasteiger charge is 2.32. The molecule has 2 heterocycles. The van der Waals surface area contributed by atoms with Crippen molar-refractivity contribution in [2.45, 2.75) is 37.6 Å². The van der Waals surface area contributed by atoms with E-state index in [1.807, 2.05) is 6.26 Å². The molecular weight excluding hydrogens is 302 g/mol. The van der Waals surface area contributed by atoms with Gasteiger partial charge in [0.25, 0.3) is 5.91 Å². The lowest BCUT2D eigenvalue weighted by Gasteiger charge is -2.17. The predicted molar refractivity (Wildman–Crippen MR) is 91.5 cm³/mol. The van der Waals surface area contributed by atoms with Crippen LogP contribution in [0.5, 0.6) is 0 Å². The van der Waals surface area contributed by atoms with Crippen LogP contribution in [-0.2, 0) is 0 Å². The van der Waals surface area contributed by atoms with E-state index in [-0.39, 0.29) is 5.91 Å². The zero-order chi connectivity index (χ0) is 15.1. The van der Waals surface area contributed by atoms with E-state index in [9.17, 15) is 4.79 Å². The summed E-state index contributed by atoms with van der Waals surface area (Å²) < 4.78 is 0. The molecule has 4 nitrogen and oxygen atoms in total. The largest absolute Gasteiger partial charge is 0.396 e. The summed E-state index contributed by atoms with van der Waals surface area (Å²) in [6.45, 7) is 6.69. The molecule has 6 heteroatoms. The number of hydrogen-bond donors (Lipinski definition) is 2. The summed E-state index contributed by atoms with van der Waals surface area (Å²) in [5.74, 6) is 1.38. The van der Waals surface area contributed by atoms with E-state index in [1.165, 1.54) is 5.00 Å². The molecular formula is C15H23N3OS2. The Bertz CT molecular complexity index is 543. The number of rotatable bonds is 4. The van der Waals surface area contributed by atoms with Crippen LogP contribution in [0.25, 0.3) is 0 Å². The van der Waals surface area contributed by atoms with Crippen molar-refractivity contribution in [1.82, 2.24) is 5.32 Å². The molecule has 2 unspecified atom stereocenters. The number of anilines is 2. The van der Waals surface area contributed by atoms with E-state index < -0.39 is 0 Å². The third-order valence-corrected chi connectivity index (χ3v) is 6.70. The number of thiophene rings is 1. The van der Waals surface area contributed by atoms with E-state index in [1.54, 1.807) is 23.1 Å². The van der Waals surface area contributed by atoms with Crippen LogP contribution in [0.2, 0.25) is 0 Å². The minimum Gasteiger partial charge on any atom is -0.396 e. The lowest BCUT2D eigenvalue weighted by molar-refractivity contribution is 0.0956. The topological polar surface area (TPSA) is 58.4 Å². The van der Waals surface area contributed by atoms with Gasteiger partial charge in [-0.2, -0.15) is 0 Å². The fraction of sp³-hybridized carbons (Fsp3) is 0.667. The third kappa shape index (κ3) is 2.88. The van der Waals surface area contributed by atoms with Gasteiger partial charge in [-0.05, 0) is 30.9 Å². The summed E-state index contributed by atoms with van der Waals surface area (Å²) in [7, 11) is 0. The Kier molecular flexibility index (Phi) is 4.10. The van der Waals surface area contributed by atoms with Gasteiger partial charge >= 0.3 is 0 Å². The van der Waals surface area contributed by atoms with Crippen molar-refractivity contribution >= 4 is 39.7 Å². The molecule has 2 aliphatic rings. The van der Waals surface area contributed by atoms with Crippen LogP contribution in [-0.4, -0.2) is 31.3 Å². The predicted octanol–water partition coefficient (Wildman–Crippen LogP) is 3.04. The van der Waals surface area contributed by atoms with Crippen LogP contribution in [0.4, 0.5) is 10.7 Å². The Hall–Kier alpha value is -0.880. The highest BCUT2D eigenvalue weighted by atomic mass is 32.2. The molecule has 2 atom stereocenters. The van der Waals surface area contributed by atoms with Crippen molar-refractivity contribution in [3.05, 3.63) is 4.88 Å². The van der Waals surface area contributed by atoms with Gasteiger partial charge in [-0.1, -0.05) is 13.8 Å². The lowest BCUT2D eigenvalue weighted by Crippen LogP contribution is -2.25. The van der Waals surface area contributed by atoms with Crippen LogP contribution in [0, 0.1) is 11.8 Å². The van der Waals surface area contributed by atoms with E-state index >= 15 is 0 Å². The molecule has 1 saturated carbocycles. The summed E-state index contributed by atoms with van der Waals surface area (Å²) in [5, 5.41) is 4.23. The first-order valence-corrected chi connectivity index (χ1v) is 9.57. The average Bonchev–Trinajstić information content (AvgIpc) is 3.10. The molecule has 1 aliphatic heterocycles. The first-order chi connectivity index (χ1) is 10.0. The summed E-state index contributed by atoms with van der Waals surface area (Å²) in [6.07, 6.45) is 4.23. The molecule has 21 heavy (non-hydrogen) atoms. The second-order valence-electron chi connectivity index (χ2n) is 6.29. The van der Waals surface area contributed by atoms with Crippen molar-refractivity contribution in [3.63, 3.8) is 0 Å². The van der Waals surface area contributed by atoms with Gasteiger partial charge in [0.1, 0.15) is 9.88 Å². The fourth-order valence-electron chi connectivity index (χ4n) is 2.76. The van der Waals surface area contributed by atoms with Crippen LogP contribution < -0.4 is 16.0 Å². The number of carbonyl (C=O) groups excluding carboxylic acids is 1. The number of nitrogens with zero attached hydrogens (tertiary/aromatic N) is 1. The Balaban J connectivity index is 1.87. The second-order valence-corrected chi connectivity index (χ2v) is 8.11. The van der Waals surface area contributed by atoms with Gasteiger partial charge in [0.15, 0.2) is 0 Å². The van der Waals surface area contributed by atoms with E-state index in [0.717, 1.165) is 30.8 Å². The van der Waals surface area contributed by atoms with Gasteiger partial charge in [0.05, 0.1) is 10.6 Å². The monoisotopic (exact) mass is 325 g/mol. The van der Waals surface area contributed by atoms with Crippen molar-refractivity contribution in [2.75, 3.05) is 30.0 Å². The van der Waals surface area contributed by atoms with Crippen molar-refractivity contribution in [2.24, 2.45) is 11.8 Å². The van der Waals surface area contributed by atoms with Crippen LogP contribution >= 0.6 is 23.1 Å². The number of hydrogen-bond acceptors (Lipinski definition) is 5. The maximum atomic E-state index is 12.3. The lowest BCUT2D eigenvalue weighted by atomic mass is 10.0. The number of nitrogens with one attached hydrogen (secondary N) is 1. The molecule has 1 saturated heterocycles. The molecule has 116 valence electrons. The molecule has 1 aromatic heterocycles.